The highest BCUT2D eigenvalue weighted by atomic mass is 16.6. The van der Waals surface area contributed by atoms with Crippen LogP contribution in [0.25, 0.3) is 5.52 Å². The predicted molar refractivity (Wildman–Crippen MR) is 110 cm³/mol. The first kappa shape index (κ1) is 20.1. The number of fused-ring (bicyclic) bond motifs is 1. The molecule has 0 radical (unpaired) electrons. The van der Waals surface area contributed by atoms with Crippen LogP contribution in [0.2, 0.25) is 0 Å². The summed E-state index contributed by atoms with van der Waals surface area (Å²) in [6.45, 7) is 7.74. The van der Waals surface area contributed by atoms with Gasteiger partial charge < -0.3 is 13.9 Å². The molecule has 0 spiro atoms. The molecule has 158 valence electrons. The van der Waals surface area contributed by atoms with Crippen LogP contribution in [0, 0.1) is 0 Å². The van der Waals surface area contributed by atoms with E-state index >= 15 is 0 Å². The number of pyridine rings is 1. The first-order chi connectivity index (χ1) is 14.2. The van der Waals surface area contributed by atoms with Gasteiger partial charge in [0.25, 0.3) is 0 Å². The fourth-order valence-corrected chi connectivity index (χ4v) is 3.42. The van der Waals surface area contributed by atoms with Crippen molar-refractivity contribution in [3.8, 4) is 0 Å². The van der Waals surface area contributed by atoms with E-state index in [1.54, 1.807) is 27.7 Å². The van der Waals surface area contributed by atoms with Gasteiger partial charge in [0.2, 0.25) is 0 Å². The summed E-state index contributed by atoms with van der Waals surface area (Å²) >= 11 is 0. The summed E-state index contributed by atoms with van der Waals surface area (Å²) in [6.07, 6.45) is 5.92. The number of rotatable bonds is 6. The molecule has 3 heterocycles. The predicted octanol–water partition coefficient (Wildman–Crippen LogP) is 3.59. The number of aromatic nitrogens is 4. The van der Waals surface area contributed by atoms with Crippen LogP contribution in [0.15, 0.2) is 30.6 Å². The maximum absolute atomic E-state index is 12.7. The van der Waals surface area contributed by atoms with Crippen LogP contribution in [0.1, 0.15) is 78.6 Å². The molecule has 0 aliphatic heterocycles. The van der Waals surface area contributed by atoms with Gasteiger partial charge in [-0.3, -0.25) is 0 Å². The monoisotopic (exact) mass is 410 g/mol. The Morgan fingerprint density at radius 2 is 1.93 bits per heavy atom. The lowest BCUT2D eigenvalue weighted by molar-refractivity contribution is 0.00624. The molecule has 0 bridgehead atoms. The molecule has 0 aromatic carbocycles. The number of esters is 2. The van der Waals surface area contributed by atoms with Crippen LogP contribution in [-0.2, 0) is 16.0 Å². The quantitative estimate of drug-likeness (QED) is 0.577. The van der Waals surface area contributed by atoms with Crippen LogP contribution >= 0.6 is 0 Å². The smallest absolute Gasteiger partial charge is 0.361 e. The molecule has 0 atom stereocenters. The zero-order valence-corrected chi connectivity index (χ0v) is 17.7. The minimum Gasteiger partial charge on any atom is -0.461 e. The van der Waals surface area contributed by atoms with Crippen LogP contribution in [0.5, 0.6) is 0 Å². The molecule has 0 amide bonds. The van der Waals surface area contributed by atoms with Crippen molar-refractivity contribution in [3.05, 3.63) is 53.1 Å². The summed E-state index contributed by atoms with van der Waals surface area (Å²) in [5, 5.41) is 7.96. The first-order valence-corrected chi connectivity index (χ1v) is 10.2. The summed E-state index contributed by atoms with van der Waals surface area (Å²) in [4.78, 5) is 25.0. The molecule has 1 fully saturated rings. The zero-order chi connectivity index (χ0) is 21.5. The highest BCUT2D eigenvalue weighted by Crippen LogP contribution is 2.40. The summed E-state index contributed by atoms with van der Waals surface area (Å²) in [7, 11) is 0. The molecular weight excluding hydrogens is 384 g/mol. The van der Waals surface area contributed by atoms with Crippen molar-refractivity contribution in [1.29, 1.82) is 0 Å². The average molecular weight is 410 g/mol. The number of ether oxygens (including phenoxy) is 2. The maximum atomic E-state index is 12.7. The van der Waals surface area contributed by atoms with Gasteiger partial charge in [-0.2, -0.15) is 0 Å². The summed E-state index contributed by atoms with van der Waals surface area (Å²) in [5.74, 6) is -0.342. The van der Waals surface area contributed by atoms with Crippen molar-refractivity contribution in [2.24, 2.45) is 0 Å². The third-order valence-corrected chi connectivity index (χ3v) is 4.87. The molecule has 1 aliphatic carbocycles. The Morgan fingerprint density at radius 1 is 1.17 bits per heavy atom. The minimum atomic E-state index is -0.614. The zero-order valence-electron chi connectivity index (χ0n) is 17.7. The summed E-state index contributed by atoms with van der Waals surface area (Å²) in [5.41, 5.74) is 2.87. The number of carbonyl (C=O) groups excluding carboxylic acids is 2. The fraction of sp³-hybridized carbons (Fsp3) is 0.455. The van der Waals surface area contributed by atoms with E-state index in [4.69, 9.17) is 9.47 Å². The number of carbonyl (C=O) groups is 2. The van der Waals surface area contributed by atoms with Crippen molar-refractivity contribution in [1.82, 2.24) is 19.4 Å². The first-order valence-electron chi connectivity index (χ1n) is 10.2. The van der Waals surface area contributed by atoms with Crippen molar-refractivity contribution in [2.75, 3.05) is 6.61 Å². The van der Waals surface area contributed by atoms with Gasteiger partial charge in [-0.15, -0.1) is 5.10 Å². The second-order valence-electron chi connectivity index (χ2n) is 8.57. The Kier molecular flexibility index (Phi) is 5.09. The molecule has 8 nitrogen and oxygen atoms in total. The Hall–Kier alpha value is -3.16. The number of hydrogen-bond donors (Lipinski definition) is 0. The highest BCUT2D eigenvalue weighted by Gasteiger charge is 2.26. The largest absolute Gasteiger partial charge is 0.461 e. The van der Waals surface area contributed by atoms with Crippen molar-refractivity contribution >= 4 is 17.5 Å². The van der Waals surface area contributed by atoms with E-state index in [1.165, 1.54) is 29.3 Å². The Bertz CT molecular complexity index is 1100. The molecule has 30 heavy (non-hydrogen) atoms. The Labute approximate surface area is 174 Å². The van der Waals surface area contributed by atoms with Gasteiger partial charge in [-0.1, -0.05) is 11.3 Å². The molecular formula is C22H26N4O4. The number of hydrogen-bond acceptors (Lipinski definition) is 6. The third-order valence-electron chi connectivity index (χ3n) is 4.87. The lowest BCUT2D eigenvalue weighted by atomic mass is 10.2. The Balaban J connectivity index is 1.66. The van der Waals surface area contributed by atoms with Gasteiger partial charge in [0.05, 0.1) is 19.3 Å². The van der Waals surface area contributed by atoms with E-state index < -0.39 is 11.6 Å². The topological polar surface area (TPSA) is 87.7 Å². The lowest BCUT2D eigenvalue weighted by Crippen LogP contribution is -2.24. The highest BCUT2D eigenvalue weighted by molar-refractivity contribution is 5.91. The minimum absolute atomic E-state index is 0.127. The van der Waals surface area contributed by atoms with Gasteiger partial charge in [0, 0.05) is 17.3 Å². The summed E-state index contributed by atoms with van der Waals surface area (Å²) < 4.78 is 14.1. The van der Waals surface area contributed by atoms with E-state index in [0.717, 1.165) is 11.1 Å². The molecule has 8 heteroatoms. The van der Waals surface area contributed by atoms with Crippen LogP contribution in [-0.4, -0.2) is 43.5 Å². The van der Waals surface area contributed by atoms with Crippen molar-refractivity contribution < 1.29 is 19.1 Å². The standard InChI is InChI=1S/C22H26N4O4/c1-5-29-21(28)19-16(10-17-9-8-15(12-26(17)19)14-6-7-14)11-25-13-18(23-24-25)20(27)30-22(2,3)4/h8-10,12-14H,5-7,11H2,1-4H3. The second-order valence-corrected chi connectivity index (χ2v) is 8.57. The van der Waals surface area contributed by atoms with Gasteiger partial charge >= 0.3 is 11.9 Å². The fourth-order valence-electron chi connectivity index (χ4n) is 3.42. The molecule has 3 aromatic rings. The van der Waals surface area contributed by atoms with Gasteiger partial charge in [-0.05, 0) is 64.2 Å². The van der Waals surface area contributed by atoms with Gasteiger partial charge in [0.15, 0.2) is 5.69 Å². The van der Waals surface area contributed by atoms with E-state index in [1.807, 2.05) is 22.7 Å². The number of nitrogens with zero attached hydrogens (tertiary/aromatic N) is 4. The van der Waals surface area contributed by atoms with Crippen LogP contribution in [0.4, 0.5) is 0 Å². The maximum Gasteiger partial charge on any atom is 0.361 e. The SMILES string of the molecule is CCOC(=O)c1c(Cn2cc(C(=O)OC(C)(C)C)nn2)cc2ccc(C3CC3)cn12. The molecule has 1 saturated carbocycles. The van der Waals surface area contributed by atoms with Crippen molar-refractivity contribution in [2.45, 2.75) is 58.6 Å². The Morgan fingerprint density at radius 3 is 2.60 bits per heavy atom. The average Bonchev–Trinajstić information content (AvgIpc) is 3.30. The van der Waals surface area contributed by atoms with Crippen molar-refractivity contribution in [3.63, 3.8) is 0 Å². The van der Waals surface area contributed by atoms with Gasteiger partial charge in [-0.25, -0.2) is 14.3 Å². The third kappa shape index (κ3) is 4.22. The lowest BCUT2D eigenvalue weighted by Gasteiger charge is -2.18. The molecule has 0 saturated heterocycles. The summed E-state index contributed by atoms with van der Waals surface area (Å²) in [6, 6.07) is 6.08. The van der Waals surface area contributed by atoms with Crippen LogP contribution < -0.4 is 0 Å². The molecule has 4 rings (SSSR count). The molecule has 0 N–H and O–H groups in total. The van der Waals surface area contributed by atoms with E-state index in [-0.39, 0.29) is 18.2 Å². The van der Waals surface area contributed by atoms with Gasteiger partial charge in [0.1, 0.15) is 11.3 Å². The molecule has 1 aliphatic rings. The van der Waals surface area contributed by atoms with E-state index in [0.29, 0.717) is 18.2 Å². The van der Waals surface area contributed by atoms with Crippen LogP contribution in [0.3, 0.4) is 0 Å². The van der Waals surface area contributed by atoms with E-state index in [9.17, 15) is 9.59 Å². The second kappa shape index (κ2) is 7.59. The van der Waals surface area contributed by atoms with E-state index in [2.05, 4.69) is 16.4 Å². The molecule has 0 unspecified atom stereocenters. The molecule has 3 aromatic heterocycles. The normalized spacial score (nSPS) is 14.1.